The summed E-state index contributed by atoms with van der Waals surface area (Å²) in [7, 11) is 1.57. The zero-order valence-electron chi connectivity index (χ0n) is 15.2. The maximum Gasteiger partial charge on any atom is 0.339 e. The van der Waals surface area contributed by atoms with Crippen LogP contribution < -0.4 is 14.2 Å². The molecule has 0 aliphatic rings. The van der Waals surface area contributed by atoms with Crippen molar-refractivity contribution >= 4 is 17.6 Å². The zero-order chi connectivity index (χ0) is 19.9. The predicted molar refractivity (Wildman–Crippen MR) is 107 cm³/mol. The van der Waals surface area contributed by atoms with Gasteiger partial charge in [0.2, 0.25) is 0 Å². The molecule has 0 saturated heterocycles. The van der Waals surface area contributed by atoms with E-state index in [1.165, 1.54) is 6.07 Å². The van der Waals surface area contributed by atoms with Gasteiger partial charge < -0.3 is 19.3 Å². The number of ether oxygens (including phenoxy) is 3. The van der Waals surface area contributed by atoms with Gasteiger partial charge in [0.1, 0.15) is 24.5 Å². The van der Waals surface area contributed by atoms with E-state index in [0.29, 0.717) is 16.5 Å². The van der Waals surface area contributed by atoms with Gasteiger partial charge in [-0.15, -0.1) is 0 Å². The van der Waals surface area contributed by atoms with Crippen LogP contribution in [0.5, 0.6) is 17.2 Å². The van der Waals surface area contributed by atoms with Gasteiger partial charge in [0, 0.05) is 16.1 Å². The summed E-state index contributed by atoms with van der Waals surface area (Å²) in [6.45, 7) is 0.324. The molecule has 5 nitrogen and oxygen atoms in total. The lowest BCUT2D eigenvalue weighted by atomic mass is 10.1. The van der Waals surface area contributed by atoms with Crippen molar-refractivity contribution in [1.82, 2.24) is 0 Å². The first-order valence-corrected chi connectivity index (χ1v) is 8.95. The second-order valence-electron chi connectivity index (χ2n) is 5.92. The lowest BCUT2D eigenvalue weighted by Gasteiger charge is -2.16. The van der Waals surface area contributed by atoms with Gasteiger partial charge in [-0.1, -0.05) is 54.1 Å². The summed E-state index contributed by atoms with van der Waals surface area (Å²) in [6, 6.07) is 19.4. The summed E-state index contributed by atoms with van der Waals surface area (Å²) < 4.78 is 17.0. The number of carboxylic acid groups (broad SMARTS) is 1. The fourth-order valence-corrected chi connectivity index (χ4v) is 2.88. The van der Waals surface area contributed by atoms with Crippen molar-refractivity contribution in [2.24, 2.45) is 0 Å². The van der Waals surface area contributed by atoms with Crippen molar-refractivity contribution in [1.29, 1.82) is 0 Å². The smallest absolute Gasteiger partial charge is 0.339 e. The molecule has 0 fully saturated rings. The lowest BCUT2D eigenvalue weighted by molar-refractivity contribution is 0.0690. The van der Waals surface area contributed by atoms with Crippen LogP contribution in [0.1, 0.15) is 21.5 Å². The summed E-state index contributed by atoms with van der Waals surface area (Å²) in [4.78, 5) is 11.7. The molecule has 144 valence electrons. The maximum atomic E-state index is 11.7. The molecular weight excluding hydrogens is 380 g/mol. The van der Waals surface area contributed by atoms with Crippen LogP contribution in [-0.2, 0) is 13.2 Å². The summed E-state index contributed by atoms with van der Waals surface area (Å²) in [5, 5.41) is 10.1. The number of rotatable bonds is 8. The minimum Gasteiger partial charge on any atom is -0.496 e. The summed E-state index contributed by atoms with van der Waals surface area (Å²) in [6.07, 6.45) is 0. The topological polar surface area (TPSA) is 65.0 Å². The first-order valence-electron chi connectivity index (χ1n) is 8.57. The van der Waals surface area contributed by atoms with E-state index in [2.05, 4.69) is 0 Å². The summed E-state index contributed by atoms with van der Waals surface area (Å²) in [5.74, 6) is 0.0507. The van der Waals surface area contributed by atoms with Crippen molar-refractivity contribution < 1.29 is 24.1 Å². The van der Waals surface area contributed by atoms with E-state index in [9.17, 15) is 9.90 Å². The van der Waals surface area contributed by atoms with Crippen molar-refractivity contribution in [3.63, 3.8) is 0 Å². The van der Waals surface area contributed by atoms with Crippen molar-refractivity contribution in [3.8, 4) is 17.2 Å². The number of hydrogen-bond donors (Lipinski definition) is 1. The monoisotopic (exact) mass is 398 g/mol. The number of carbonyl (C=O) groups is 1. The molecule has 0 saturated carbocycles. The van der Waals surface area contributed by atoms with E-state index < -0.39 is 5.97 Å². The van der Waals surface area contributed by atoms with Crippen molar-refractivity contribution in [2.75, 3.05) is 7.11 Å². The normalized spacial score (nSPS) is 10.4. The van der Waals surface area contributed by atoms with Crippen LogP contribution in [0, 0.1) is 0 Å². The molecule has 0 unspecified atom stereocenters. The third-order valence-corrected chi connectivity index (χ3v) is 4.48. The molecule has 28 heavy (non-hydrogen) atoms. The van der Waals surface area contributed by atoms with Crippen molar-refractivity contribution in [3.05, 3.63) is 88.4 Å². The Bertz CT molecular complexity index is 971. The van der Waals surface area contributed by atoms with Gasteiger partial charge in [0.25, 0.3) is 0 Å². The Morgan fingerprint density at radius 3 is 2.21 bits per heavy atom. The second kappa shape index (κ2) is 9.15. The molecule has 0 radical (unpaired) electrons. The average Bonchev–Trinajstić information content (AvgIpc) is 2.71. The Balaban J connectivity index is 1.85. The minimum absolute atomic E-state index is 0.0200. The van der Waals surface area contributed by atoms with E-state index in [0.717, 1.165) is 11.1 Å². The van der Waals surface area contributed by atoms with Gasteiger partial charge in [-0.25, -0.2) is 4.79 Å². The standard InChI is InChI=1S/C22H19ClO5/c1-26-19-11-5-3-8-16(19)14-28-21-17(22(24)25)9-6-12-20(21)27-13-15-7-2-4-10-18(15)23/h2-12H,13-14H2,1H3,(H,24,25). The molecule has 0 spiro atoms. The highest BCUT2D eigenvalue weighted by Crippen LogP contribution is 2.34. The van der Waals surface area contributed by atoms with Crippen LogP contribution in [0.3, 0.4) is 0 Å². The van der Waals surface area contributed by atoms with Gasteiger partial charge in [0.15, 0.2) is 11.5 Å². The van der Waals surface area contributed by atoms with Crippen LogP contribution in [-0.4, -0.2) is 18.2 Å². The molecule has 0 aliphatic heterocycles. The highest BCUT2D eigenvalue weighted by molar-refractivity contribution is 6.31. The number of halogens is 1. The van der Waals surface area contributed by atoms with Gasteiger partial charge in [-0.05, 0) is 24.3 Å². The maximum absolute atomic E-state index is 11.7. The lowest BCUT2D eigenvalue weighted by Crippen LogP contribution is -2.07. The minimum atomic E-state index is -1.10. The second-order valence-corrected chi connectivity index (χ2v) is 6.33. The molecule has 1 N–H and O–H groups in total. The number of methoxy groups -OCH3 is 1. The van der Waals surface area contributed by atoms with E-state index in [4.69, 9.17) is 25.8 Å². The van der Waals surface area contributed by atoms with Crippen LogP contribution in [0.4, 0.5) is 0 Å². The molecule has 0 atom stereocenters. The predicted octanol–water partition coefficient (Wildman–Crippen LogP) is 5.20. The number of hydrogen-bond acceptors (Lipinski definition) is 4. The highest BCUT2D eigenvalue weighted by Gasteiger charge is 2.18. The number of benzene rings is 3. The highest BCUT2D eigenvalue weighted by atomic mass is 35.5. The van der Waals surface area contributed by atoms with Gasteiger partial charge in [0.05, 0.1) is 7.11 Å². The molecule has 6 heteroatoms. The molecule has 0 bridgehead atoms. The SMILES string of the molecule is COc1ccccc1COc1c(OCc2ccccc2Cl)cccc1C(=O)O. The van der Waals surface area contributed by atoms with E-state index in [1.54, 1.807) is 25.3 Å². The van der Waals surface area contributed by atoms with E-state index >= 15 is 0 Å². The molecule has 3 rings (SSSR count). The fraction of sp³-hybridized carbons (Fsp3) is 0.136. The number of carboxylic acids is 1. The van der Waals surface area contributed by atoms with Crippen LogP contribution >= 0.6 is 11.6 Å². The molecule has 0 aliphatic carbocycles. The van der Waals surface area contributed by atoms with Gasteiger partial charge in [-0.2, -0.15) is 0 Å². The number of aromatic carboxylic acids is 1. The van der Waals surface area contributed by atoms with Crippen molar-refractivity contribution in [2.45, 2.75) is 13.2 Å². The third-order valence-electron chi connectivity index (χ3n) is 4.11. The molecule has 0 aromatic heterocycles. The third kappa shape index (κ3) is 4.56. The van der Waals surface area contributed by atoms with Gasteiger partial charge in [-0.3, -0.25) is 0 Å². The molecule has 3 aromatic rings. The molecule has 0 amide bonds. The Morgan fingerprint density at radius 1 is 0.857 bits per heavy atom. The fourth-order valence-electron chi connectivity index (χ4n) is 2.69. The average molecular weight is 399 g/mol. The summed E-state index contributed by atoms with van der Waals surface area (Å²) >= 11 is 6.17. The van der Waals surface area contributed by atoms with Crippen LogP contribution in [0.15, 0.2) is 66.7 Å². The van der Waals surface area contributed by atoms with E-state index in [-0.39, 0.29) is 24.5 Å². The van der Waals surface area contributed by atoms with Crippen LogP contribution in [0.2, 0.25) is 5.02 Å². The molecule has 3 aromatic carbocycles. The molecular formula is C22H19ClO5. The Hall–Kier alpha value is -3.18. The number of para-hydroxylation sites is 2. The largest absolute Gasteiger partial charge is 0.496 e. The molecule has 0 heterocycles. The van der Waals surface area contributed by atoms with Crippen LogP contribution in [0.25, 0.3) is 0 Å². The van der Waals surface area contributed by atoms with Gasteiger partial charge >= 0.3 is 5.97 Å². The first-order chi connectivity index (χ1) is 13.6. The quantitative estimate of drug-likeness (QED) is 0.564. The summed E-state index contributed by atoms with van der Waals surface area (Å²) in [5.41, 5.74) is 1.61. The Morgan fingerprint density at radius 2 is 1.50 bits per heavy atom. The Kier molecular flexibility index (Phi) is 6.40. The first kappa shape index (κ1) is 19.6. The zero-order valence-corrected chi connectivity index (χ0v) is 16.0. The van der Waals surface area contributed by atoms with E-state index in [1.807, 2.05) is 42.5 Å². The Labute approximate surface area is 168 Å².